The van der Waals surface area contributed by atoms with Crippen LogP contribution in [0.5, 0.6) is 5.75 Å². The summed E-state index contributed by atoms with van der Waals surface area (Å²) in [6, 6.07) is 3.88. The Morgan fingerprint density at radius 3 is 2.82 bits per heavy atom. The topological polar surface area (TPSA) is 29.5 Å². The zero-order valence-corrected chi connectivity index (χ0v) is 9.53. The molecule has 2 nitrogen and oxygen atoms in total. The predicted molar refractivity (Wildman–Crippen MR) is 59.8 cm³/mol. The number of rotatable bonds is 4. The summed E-state index contributed by atoms with van der Waals surface area (Å²) in [7, 11) is 0. The van der Waals surface area contributed by atoms with Crippen LogP contribution in [0.15, 0.2) is 18.2 Å². The first-order valence-electron chi connectivity index (χ1n) is 5.93. The van der Waals surface area contributed by atoms with Crippen molar-refractivity contribution in [2.45, 2.75) is 31.8 Å². The van der Waals surface area contributed by atoms with E-state index in [4.69, 9.17) is 4.74 Å². The van der Waals surface area contributed by atoms with E-state index >= 15 is 0 Å². The van der Waals surface area contributed by atoms with Crippen LogP contribution in [0.3, 0.4) is 0 Å². The van der Waals surface area contributed by atoms with Crippen molar-refractivity contribution >= 4 is 0 Å². The lowest BCUT2D eigenvalue weighted by Gasteiger charge is -2.14. The van der Waals surface area contributed by atoms with E-state index in [9.17, 15) is 13.9 Å². The number of ether oxygens (including phenoxy) is 1. The Morgan fingerprint density at radius 2 is 2.12 bits per heavy atom. The molecule has 0 heterocycles. The van der Waals surface area contributed by atoms with Gasteiger partial charge in [0, 0.05) is 0 Å². The molecular formula is C13H16F2O2. The van der Waals surface area contributed by atoms with E-state index in [2.05, 4.69) is 0 Å². The highest BCUT2D eigenvalue weighted by atomic mass is 19.2. The summed E-state index contributed by atoms with van der Waals surface area (Å²) in [6.07, 6.45) is 3.25. The fourth-order valence-electron chi connectivity index (χ4n) is 2.27. The minimum Gasteiger partial charge on any atom is -0.490 e. The third-order valence-corrected chi connectivity index (χ3v) is 3.28. The van der Waals surface area contributed by atoms with E-state index in [-0.39, 0.29) is 17.8 Å². The van der Waals surface area contributed by atoms with Crippen LogP contribution in [-0.2, 0) is 0 Å². The van der Waals surface area contributed by atoms with Crippen LogP contribution in [0.4, 0.5) is 8.78 Å². The number of hydrogen-bond donors (Lipinski definition) is 1. The van der Waals surface area contributed by atoms with Gasteiger partial charge in [-0.1, -0.05) is 12.5 Å². The molecule has 1 aliphatic carbocycles. The SMILES string of the molecule is OC1CCCC1CCOc1cccc(F)c1F. The molecular weight excluding hydrogens is 226 g/mol. The van der Waals surface area contributed by atoms with Gasteiger partial charge >= 0.3 is 0 Å². The average Bonchev–Trinajstić information content (AvgIpc) is 2.71. The van der Waals surface area contributed by atoms with Crippen LogP contribution in [0.25, 0.3) is 0 Å². The number of aliphatic hydroxyl groups is 1. The van der Waals surface area contributed by atoms with E-state index < -0.39 is 11.6 Å². The molecule has 0 aromatic heterocycles. The van der Waals surface area contributed by atoms with Crippen LogP contribution >= 0.6 is 0 Å². The maximum absolute atomic E-state index is 13.2. The molecule has 1 N–H and O–H groups in total. The maximum atomic E-state index is 13.2. The normalized spacial score (nSPS) is 23.9. The monoisotopic (exact) mass is 242 g/mol. The van der Waals surface area contributed by atoms with Gasteiger partial charge in [-0.25, -0.2) is 4.39 Å². The van der Waals surface area contributed by atoms with Gasteiger partial charge in [-0.15, -0.1) is 0 Å². The van der Waals surface area contributed by atoms with Gasteiger partial charge in [0.15, 0.2) is 11.6 Å². The largest absolute Gasteiger partial charge is 0.490 e. The summed E-state index contributed by atoms with van der Waals surface area (Å²) in [6.45, 7) is 0.308. The minimum atomic E-state index is -0.945. The van der Waals surface area contributed by atoms with Gasteiger partial charge in [-0.3, -0.25) is 0 Å². The summed E-state index contributed by atoms with van der Waals surface area (Å²) >= 11 is 0. The summed E-state index contributed by atoms with van der Waals surface area (Å²) in [5.41, 5.74) is 0. The molecule has 0 bridgehead atoms. The second kappa shape index (κ2) is 5.45. The molecule has 0 radical (unpaired) electrons. The van der Waals surface area contributed by atoms with Crippen molar-refractivity contribution in [3.05, 3.63) is 29.8 Å². The average molecular weight is 242 g/mol. The number of hydrogen-bond acceptors (Lipinski definition) is 2. The Morgan fingerprint density at radius 1 is 1.29 bits per heavy atom. The molecule has 0 saturated heterocycles. The van der Waals surface area contributed by atoms with E-state index in [1.807, 2.05) is 0 Å². The summed E-state index contributed by atoms with van der Waals surface area (Å²) < 4.78 is 31.3. The smallest absolute Gasteiger partial charge is 0.200 e. The highest BCUT2D eigenvalue weighted by Crippen LogP contribution is 2.28. The van der Waals surface area contributed by atoms with Crippen LogP contribution in [0, 0.1) is 17.6 Å². The Hall–Kier alpha value is -1.16. The molecule has 94 valence electrons. The standard InChI is InChI=1S/C13H16F2O2/c14-10-4-2-6-12(13(10)15)17-8-7-9-3-1-5-11(9)16/h2,4,6,9,11,16H,1,3,5,7-8H2. The Balaban J connectivity index is 1.84. The Kier molecular flexibility index (Phi) is 3.94. The van der Waals surface area contributed by atoms with Gasteiger partial charge in [0.25, 0.3) is 0 Å². The number of benzene rings is 1. The molecule has 1 aromatic rings. The predicted octanol–water partition coefficient (Wildman–Crippen LogP) is 2.89. The fourth-order valence-corrected chi connectivity index (χ4v) is 2.27. The van der Waals surface area contributed by atoms with E-state index in [0.717, 1.165) is 25.3 Å². The first-order chi connectivity index (χ1) is 8.18. The van der Waals surface area contributed by atoms with E-state index in [1.165, 1.54) is 12.1 Å². The van der Waals surface area contributed by atoms with Gasteiger partial charge in [0.05, 0.1) is 12.7 Å². The van der Waals surface area contributed by atoms with Crippen molar-refractivity contribution < 1.29 is 18.6 Å². The lowest BCUT2D eigenvalue weighted by molar-refractivity contribution is 0.116. The van der Waals surface area contributed by atoms with Crippen molar-refractivity contribution in [3.63, 3.8) is 0 Å². The van der Waals surface area contributed by atoms with Crippen molar-refractivity contribution in [1.29, 1.82) is 0 Å². The lowest BCUT2D eigenvalue weighted by atomic mass is 10.0. The zero-order chi connectivity index (χ0) is 12.3. The third-order valence-electron chi connectivity index (χ3n) is 3.28. The molecule has 0 amide bonds. The van der Waals surface area contributed by atoms with Crippen LogP contribution in [0.2, 0.25) is 0 Å². The maximum Gasteiger partial charge on any atom is 0.200 e. The van der Waals surface area contributed by atoms with Gasteiger partial charge in [0.1, 0.15) is 0 Å². The minimum absolute atomic E-state index is 0.0579. The molecule has 2 rings (SSSR count). The van der Waals surface area contributed by atoms with Gasteiger partial charge in [-0.2, -0.15) is 4.39 Å². The lowest BCUT2D eigenvalue weighted by Crippen LogP contribution is -2.16. The second-order valence-corrected chi connectivity index (χ2v) is 4.45. The molecule has 1 aromatic carbocycles. The van der Waals surface area contributed by atoms with Crippen LogP contribution in [-0.4, -0.2) is 17.8 Å². The number of halogens is 2. The van der Waals surface area contributed by atoms with Gasteiger partial charge < -0.3 is 9.84 Å². The molecule has 2 unspecified atom stereocenters. The van der Waals surface area contributed by atoms with E-state index in [1.54, 1.807) is 0 Å². The molecule has 0 spiro atoms. The second-order valence-electron chi connectivity index (χ2n) is 4.45. The summed E-state index contributed by atoms with van der Waals surface area (Å²) in [5, 5.41) is 9.60. The quantitative estimate of drug-likeness (QED) is 0.879. The summed E-state index contributed by atoms with van der Waals surface area (Å²) in [5.74, 6) is -1.67. The Labute approximate surface area is 99.2 Å². The van der Waals surface area contributed by atoms with Crippen molar-refractivity contribution in [1.82, 2.24) is 0 Å². The fraction of sp³-hybridized carbons (Fsp3) is 0.538. The first-order valence-corrected chi connectivity index (χ1v) is 5.93. The highest BCUT2D eigenvalue weighted by Gasteiger charge is 2.24. The molecule has 1 aliphatic rings. The first kappa shape index (κ1) is 12.3. The van der Waals surface area contributed by atoms with Gasteiger partial charge in [-0.05, 0) is 37.3 Å². The van der Waals surface area contributed by atoms with Crippen molar-refractivity contribution in [2.75, 3.05) is 6.61 Å². The molecule has 0 aliphatic heterocycles. The van der Waals surface area contributed by atoms with Crippen molar-refractivity contribution in [2.24, 2.45) is 5.92 Å². The highest BCUT2D eigenvalue weighted by molar-refractivity contribution is 5.24. The van der Waals surface area contributed by atoms with Crippen molar-refractivity contribution in [3.8, 4) is 5.75 Å². The van der Waals surface area contributed by atoms with E-state index in [0.29, 0.717) is 13.0 Å². The molecule has 1 fully saturated rings. The van der Waals surface area contributed by atoms with Gasteiger partial charge in [0.2, 0.25) is 5.82 Å². The summed E-state index contributed by atoms with van der Waals surface area (Å²) in [4.78, 5) is 0. The number of aliphatic hydroxyl groups excluding tert-OH is 1. The molecule has 17 heavy (non-hydrogen) atoms. The van der Waals surface area contributed by atoms with Crippen LogP contribution in [0.1, 0.15) is 25.7 Å². The third kappa shape index (κ3) is 2.94. The molecule has 2 atom stereocenters. The Bertz CT molecular complexity index is 382. The zero-order valence-electron chi connectivity index (χ0n) is 9.53. The van der Waals surface area contributed by atoms with Crippen LogP contribution < -0.4 is 4.74 Å². The molecule has 4 heteroatoms. The molecule has 1 saturated carbocycles.